The average Bonchev–Trinajstić information content (AvgIpc) is 3.56. The molecule has 0 fully saturated rings. The van der Waals surface area contributed by atoms with Crippen molar-refractivity contribution in [1.82, 2.24) is 0 Å². The van der Waals surface area contributed by atoms with E-state index in [-0.39, 0.29) is 29.7 Å². The summed E-state index contributed by atoms with van der Waals surface area (Å²) < 4.78 is 49.9. The van der Waals surface area contributed by atoms with Gasteiger partial charge in [-0.15, -0.1) is 0 Å². The van der Waals surface area contributed by atoms with Crippen molar-refractivity contribution in [1.29, 1.82) is 0 Å². The second-order valence-electron chi connectivity index (χ2n) is 11.3. The van der Waals surface area contributed by atoms with Gasteiger partial charge in [0.05, 0.1) is 6.85 Å². The lowest BCUT2D eigenvalue weighted by Crippen LogP contribution is -1.92. The van der Waals surface area contributed by atoms with Gasteiger partial charge in [0.1, 0.15) is 11.2 Å². The van der Waals surface area contributed by atoms with Gasteiger partial charge in [-0.1, -0.05) is 152 Å². The third-order valence-corrected chi connectivity index (χ3v) is 8.77. The first-order valence-electron chi connectivity index (χ1n) is 17.5. The lowest BCUT2D eigenvalue weighted by molar-refractivity contribution is 0.669. The predicted molar refractivity (Wildman–Crippen MR) is 190 cm³/mol. The molecule has 0 aliphatic heterocycles. The number of fused-ring (bicyclic) bond motifs is 5. The van der Waals surface area contributed by atoms with E-state index in [9.17, 15) is 0 Å². The second kappa shape index (κ2) is 10.4. The molecule has 1 aromatic heterocycles. The lowest BCUT2D eigenvalue weighted by Gasteiger charge is -2.19. The molecular weight excluding hydrogens is 544 g/mol. The Labute approximate surface area is 268 Å². The summed E-state index contributed by atoms with van der Waals surface area (Å²) in [4.78, 5) is 0. The SMILES string of the molecule is [2H]c1c([2H])c([2H])c(-c2c3ccccc3c(-c3cccc4oc5ccccc5c34)c3ccc(-c4ccc(-c5ccccc5)cc4)cc23)c([2H])c1[2H]. The van der Waals surface area contributed by atoms with Gasteiger partial charge in [0.2, 0.25) is 0 Å². The quantitative estimate of drug-likeness (QED) is 0.190. The summed E-state index contributed by atoms with van der Waals surface area (Å²) in [6, 6.07) is 45.6. The summed E-state index contributed by atoms with van der Waals surface area (Å²) in [7, 11) is 0. The number of rotatable bonds is 4. The molecule has 0 aliphatic carbocycles. The van der Waals surface area contributed by atoms with Crippen molar-refractivity contribution in [2.45, 2.75) is 0 Å². The van der Waals surface area contributed by atoms with Gasteiger partial charge < -0.3 is 4.42 Å². The minimum Gasteiger partial charge on any atom is -0.456 e. The Bertz CT molecular complexity index is 2770. The van der Waals surface area contributed by atoms with E-state index in [4.69, 9.17) is 11.3 Å². The van der Waals surface area contributed by atoms with Gasteiger partial charge >= 0.3 is 0 Å². The highest BCUT2D eigenvalue weighted by Gasteiger charge is 2.20. The molecule has 0 atom stereocenters. The normalized spacial score (nSPS) is 13.1. The van der Waals surface area contributed by atoms with E-state index >= 15 is 0 Å². The Balaban J connectivity index is 1.41. The number of hydrogen-bond donors (Lipinski definition) is 0. The first kappa shape index (κ1) is 20.9. The van der Waals surface area contributed by atoms with Gasteiger partial charge in [-0.05, 0) is 84.3 Å². The molecule has 9 rings (SSSR count). The monoisotopic (exact) mass is 577 g/mol. The molecule has 8 aromatic carbocycles. The van der Waals surface area contributed by atoms with E-state index in [1.165, 1.54) is 0 Å². The minimum atomic E-state index is -0.410. The van der Waals surface area contributed by atoms with Crippen molar-refractivity contribution in [2.24, 2.45) is 0 Å². The van der Waals surface area contributed by atoms with Gasteiger partial charge in [0, 0.05) is 10.8 Å². The average molecular weight is 578 g/mol. The summed E-state index contributed by atoms with van der Waals surface area (Å²) in [5.41, 5.74) is 8.61. The van der Waals surface area contributed by atoms with Crippen molar-refractivity contribution in [3.8, 4) is 44.5 Å². The molecule has 45 heavy (non-hydrogen) atoms. The molecule has 210 valence electrons. The van der Waals surface area contributed by atoms with Gasteiger partial charge in [-0.2, -0.15) is 0 Å². The van der Waals surface area contributed by atoms with Crippen molar-refractivity contribution in [3.05, 3.63) is 170 Å². The van der Waals surface area contributed by atoms with Gasteiger partial charge in [-0.25, -0.2) is 0 Å². The fraction of sp³-hybridized carbons (Fsp3) is 0. The lowest BCUT2D eigenvalue weighted by atomic mass is 9.84. The fourth-order valence-electron chi connectivity index (χ4n) is 6.76. The minimum absolute atomic E-state index is 0.187. The van der Waals surface area contributed by atoms with Crippen LogP contribution in [-0.4, -0.2) is 0 Å². The highest BCUT2D eigenvalue weighted by atomic mass is 16.3. The van der Waals surface area contributed by atoms with Crippen LogP contribution in [0.1, 0.15) is 6.85 Å². The third-order valence-electron chi connectivity index (χ3n) is 8.77. The van der Waals surface area contributed by atoms with E-state index < -0.39 is 6.04 Å². The van der Waals surface area contributed by atoms with Crippen LogP contribution in [0.3, 0.4) is 0 Å². The van der Waals surface area contributed by atoms with E-state index in [0.29, 0.717) is 5.56 Å². The Morgan fingerprint density at radius 2 is 0.956 bits per heavy atom. The first-order valence-corrected chi connectivity index (χ1v) is 15.0. The topological polar surface area (TPSA) is 13.1 Å². The standard InChI is InChI=1S/C44H28O/c1-3-12-29(13-4-1)30-22-24-31(25-23-30)33-26-27-36-39(28-33)42(32-14-5-2-6-15-32)34-16-7-8-17-35(34)43(36)38-19-11-21-41-44(38)37-18-9-10-20-40(37)45-41/h1-28H/i2D,5D,6D,14D,15D. The second-order valence-corrected chi connectivity index (χ2v) is 11.3. The number of hydrogen-bond acceptors (Lipinski definition) is 1. The molecule has 0 unspecified atom stereocenters. The van der Waals surface area contributed by atoms with Crippen LogP contribution in [0.25, 0.3) is 88.0 Å². The molecule has 0 spiro atoms. The molecule has 0 saturated carbocycles. The zero-order chi connectivity index (χ0) is 34.1. The summed E-state index contributed by atoms with van der Waals surface area (Å²) in [5.74, 6) is 0. The van der Waals surface area contributed by atoms with Crippen molar-refractivity contribution in [3.63, 3.8) is 0 Å². The van der Waals surface area contributed by atoms with E-state index in [1.807, 2.05) is 66.7 Å². The number of benzene rings is 8. The molecule has 0 N–H and O–H groups in total. The van der Waals surface area contributed by atoms with Crippen LogP contribution < -0.4 is 0 Å². The predicted octanol–water partition coefficient (Wildman–Crippen LogP) is 12.6. The summed E-state index contributed by atoms with van der Waals surface area (Å²) in [6.45, 7) is 0. The van der Waals surface area contributed by atoms with Crippen molar-refractivity contribution < 1.29 is 11.3 Å². The Morgan fingerprint density at radius 1 is 0.378 bits per heavy atom. The molecule has 0 bridgehead atoms. The maximum atomic E-state index is 9.06. The van der Waals surface area contributed by atoms with Crippen LogP contribution in [0.2, 0.25) is 0 Å². The molecule has 0 saturated heterocycles. The molecule has 0 aliphatic rings. The highest BCUT2D eigenvalue weighted by Crippen LogP contribution is 2.47. The Hall–Kier alpha value is -5.92. The van der Waals surface area contributed by atoms with E-state index in [0.717, 1.165) is 76.9 Å². The van der Waals surface area contributed by atoms with Crippen LogP contribution in [0.15, 0.2) is 174 Å². The zero-order valence-electron chi connectivity index (χ0n) is 29.2. The Morgan fingerprint density at radius 3 is 1.73 bits per heavy atom. The molecule has 1 heterocycles. The molecule has 1 heteroatoms. The van der Waals surface area contributed by atoms with E-state index in [1.54, 1.807) is 0 Å². The Kier molecular flexibility index (Phi) is 4.81. The van der Waals surface area contributed by atoms with E-state index in [2.05, 4.69) is 72.8 Å². The molecular formula is C44H28O. The smallest absolute Gasteiger partial charge is 0.136 e. The summed E-state index contributed by atoms with van der Waals surface area (Å²) in [6.07, 6.45) is 0. The third kappa shape index (κ3) is 4.17. The molecule has 0 amide bonds. The zero-order valence-corrected chi connectivity index (χ0v) is 24.2. The van der Waals surface area contributed by atoms with Crippen molar-refractivity contribution >= 4 is 43.5 Å². The molecule has 9 aromatic rings. The van der Waals surface area contributed by atoms with Crippen LogP contribution in [0.4, 0.5) is 0 Å². The summed E-state index contributed by atoms with van der Waals surface area (Å²) >= 11 is 0. The maximum absolute atomic E-state index is 9.06. The largest absolute Gasteiger partial charge is 0.456 e. The van der Waals surface area contributed by atoms with Crippen LogP contribution >= 0.6 is 0 Å². The fourth-order valence-corrected chi connectivity index (χ4v) is 6.76. The van der Waals surface area contributed by atoms with Crippen molar-refractivity contribution in [2.75, 3.05) is 0 Å². The molecule has 0 radical (unpaired) electrons. The highest BCUT2D eigenvalue weighted by molar-refractivity contribution is 6.26. The first-order chi connectivity index (χ1) is 24.4. The van der Waals surface area contributed by atoms with Gasteiger partial charge in [0.15, 0.2) is 0 Å². The van der Waals surface area contributed by atoms with Gasteiger partial charge in [0.25, 0.3) is 0 Å². The van der Waals surface area contributed by atoms with Crippen LogP contribution in [0.5, 0.6) is 0 Å². The van der Waals surface area contributed by atoms with Crippen LogP contribution in [-0.2, 0) is 0 Å². The number of para-hydroxylation sites is 1. The number of furan rings is 1. The van der Waals surface area contributed by atoms with Crippen LogP contribution in [0, 0.1) is 0 Å². The molecule has 1 nitrogen and oxygen atoms in total. The van der Waals surface area contributed by atoms with Gasteiger partial charge in [-0.3, -0.25) is 0 Å². The summed E-state index contributed by atoms with van der Waals surface area (Å²) in [5, 5.41) is 5.44. The maximum Gasteiger partial charge on any atom is 0.136 e.